The summed E-state index contributed by atoms with van der Waals surface area (Å²) in [5, 5.41) is 0. The Morgan fingerprint density at radius 1 is 1.20 bits per heavy atom. The minimum atomic E-state index is -0.561. The lowest BCUT2D eigenvalue weighted by atomic mass is 10.1. The predicted molar refractivity (Wildman–Crippen MR) is 98.5 cm³/mol. The van der Waals surface area contributed by atoms with E-state index in [4.69, 9.17) is 13.9 Å². The number of unbranched alkanes of at least 4 members (excludes halogenated alkanes) is 3. The van der Waals surface area contributed by atoms with Gasteiger partial charge in [-0.2, -0.15) is 0 Å². The molecule has 0 fully saturated rings. The molecule has 0 aliphatic rings. The van der Waals surface area contributed by atoms with Crippen molar-refractivity contribution < 1.29 is 18.7 Å². The van der Waals surface area contributed by atoms with Gasteiger partial charge in [0.2, 0.25) is 0 Å². The van der Waals surface area contributed by atoms with Gasteiger partial charge in [0.1, 0.15) is 23.7 Å². The summed E-state index contributed by atoms with van der Waals surface area (Å²) < 4.78 is 15.3. The summed E-state index contributed by atoms with van der Waals surface area (Å²) in [4.78, 5) is 22.9. The van der Waals surface area contributed by atoms with E-state index in [-0.39, 0.29) is 12.2 Å². The van der Waals surface area contributed by atoms with Gasteiger partial charge in [-0.15, -0.1) is 0 Å². The van der Waals surface area contributed by atoms with Gasteiger partial charge in [0.15, 0.2) is 0 Å². The Labute approximate surface area is 148 Å². The van der Waals surface area contributed by atoms with Crippen LogP contribution in [0, 0.1) is 0 Å². The van der Waals surface area contributed by atoms with E-state index in [0.717, 1.165) is 25.7 Å². The molecule has 1 heterocycles. The first-order valence-electron chi connectivity index (χ1n) is 8.37. The lowest BCUT2D eigenvalue weighted by Gasteiger charge is -2.07. The molecule has 0 aliphatic carbocycles. The molecule has 0 spiro atoms. The fourth-order valence-electron chi connectivity index (χ4n) is 2.09. The second kappa shape index (κ2) is 11.9. The van der Waals surface area contributed by atoms with Crippen LogP contribution < -0.4 is 10.4 Å². The Kier molecular flexibility index (Phi) is 9.75. The average molecular weight is 346 g/mol. The number of methoxy groups -OCH3 is 1. The zero-order chi connectivity index (χ0) is 18.5. The first kappa shape index (κ1) is 20.5. The molecule has 1 aromatic heterocycles. The topological polar surface area (TPSA) is 65.7 Å². The Hall–Kier alpha value is -2.56. The van der Waals surface area contributed by atoms with Crippen molar-refractivity contribution in [3.63, 3.8) is 0 Å². The van der Waals surface area contributed by atoms with Gasteiger partial charge in [-0.25, -0.2) is 4.79 Å². The zero-order valence-corrected chi connectivity index (χ0v) is 15.1. The Balaban J connectivity index is 2.57. The van der Waals surface area contributed by atoms with Crippen LogP contribution >= 0.6 is 0 Å². The third-order valence-electron chi connectivity index (χ3n) is 3.38. The van der Waals surface area contributed by atoms with Crippen molar-refractivity contribution in [2.75, 3.05) is 7.11 Å². The summed E-state index contributed by atoms with van der Waals surface area (Å²) in [6.07, 6.45) is 16.1. The maximum atomic E-state index is 12.0. The van der Waals surface area contributed by atoms with E-state index in [9.17, 15) is 9.59 Å². The third kappa shape index (κ3) is 8.20. The van der Waals surface area contributed by atoms with Gasteiger partial charge in [0.05, 0.1) is 7.11 Å². The van der Waals surface area contributed by atoms with E-state index in [1.165, 1.54) is 14.0 Å². The van der Waals surface area contributed by atoms with Crippen LogP contribution in [0.2, 0.25) is 0 Å². The van der Waals surface area contributed by atoms with Crippen molar-refractivity contribution in [1.29, 1.82) is 0 Å². The van der Waals surface area contributed by atoms with Crippen LogP contribution in [0.5, 0.6) is 5.75 Å². The van der Waals surface area contributed by atoms with E-state index < -0.39 is 11.6 Å². The van der Waals surface area contributed by atoms with Crippen molar-refractivity contribution in [2.45, 2.75) is 46.1 Å². The maximum Gasteiger partial charge on any atom is 0.346 e. The number of rotatable bonds is 10. The molecule has 0 saturated carbocycles. The molecule has 0 saturated heterocycles. The molecule has 5 nitrogen and oxygen atoms in total. The first-order valence-corrected chi connectivity index (χ1v) is 8.37. The molecule has 0 aliphatic heterocycles. The Morgan fingerprint density at radius 3 is 2.56 bits per heavy atom. The molecular weight excluding hydrogens is 320 g/mol. The van der Waals surface area contributed by atoms with Gasteiger partial charge in [0, 0.05) is 13.0 Å². The fraction of sp³-hybridized carbons (Fsp3) is 0.400. The number of esters is 1. The Morgan fingerprint density at radius 2 is 1.92 bits per heavy atom. The number of hydrogen-bond acceptors (Lipinski definition) is 5. The minimum Gasteiger partial charge on any atom is -0.496 e. The van der Waals surface area contributed by atoms with Crippen LogP contribution in [0.1, 0.15) is 50.9 Å². The van der Waals surface area contributed by atoms with Crippen LogP contribution in [0.3, 0.4) is 0 Å². The molecule has 136 valence electrons. The van der Waals surface area contributed by atoms with Crippen LogP contribution in [0.4, 0.5) is 0 Å². The third-order valence-corrected chi connectivity index (χ3v) is 3.38. The van der Waals surface area contributed by atoms with Crippen molar-refractivity contribution in [2.24, 2.45) is 0 Å². The lowest BCUT2D eigenvalue weighted by molar-refractivity contribution is -0.142. The largest absolute Gasteiger partial charge is 0.496 e. The van der Waals surface area contributed by atoms with Crippen molar-refractivity contribution in [1.82, 2.24) is 0 Å². The molecule has 0 atom stereocenters. The number of carbonyl (C=O) groups is 1. The molecular formula is C20H26O5. The summed E-state index contributed by atoms with van der Waals surface area (Å²) in [5.74, 6) is 0.304. The van der Waals surface area contributed by atoms with Crippen molar-refractivity contribution in [3.05, 3.63) is 58.2 Å². The SMILES string of the molecule is C/C=C/C=C/CCCC/C=C/c1cc(OC)c(COC(C)=O)c(=O)o1. The molecule has 1 rings (SSSR count). The van der Waals surface area contributed by atoms with Crippen LogP contribution in [-0.2, 0) is 16.1 Å². The highest BCUT2D eigenvalue weighted by atomic mass is 16.5. The molecule has 0 bridgehead atoms. The van der Waals surface area contributed by atoms with Gasteiger partial charge in [-0.05, 0) is 38.7 Å². The lowest BCUT2D eigenvalue weighted by Crippen LogP contribution is -2.13. The van der Waals surface area contributed by atoms with Gasteiger partial charge < -0.3 is 13.9 Å². The highest BCUT2D eigenvalue weighted by Crippen LogP contribution is 2.18. The molecule has 0 N–H and O–H groups in total. The monoisotopic (exact) mass is 346 g/mol. The number of carbonyl (C=O) groups excluding carboxylic acids is 1. The summed E-state index contributed by atoms with van der Waals surface area (Å²) in [6, 6.07) is 1.62. The highest BCUT2D eigenvalue weighted by Gasteiger charge is 2.13. The zero-order valence-electron chi connectivity index (χ0n) is 15.1. The van der Waals surface area contributed by atoms with Crippen molar-refractivity contribution in [3.8, 4) is 5.75 Å². The Bertz CT molecular complexity index is 680. The second-order valence-electron chi connectivity index (χ2n) is 5.40. The molecule has 0 amide bonds. The van der Waals surface area contributed by atoms with Gasteiger partial charge in [-0.1, -0.05) is 30.4 Å². The van der Waals surface area contributed by atoms with Crippen LogP contribution in [0.15, 0.2) is 45.7 Å². The van der Waals surface area contributed by atoms with Crippen LogP contribution in [0.25, 0.3) is 6.08 Å². The van der Waals surface area contributed by atoms with E-state index in [1.807, 2.05) is 31.2 Å². The molecule has 0 unspecified atom stereocenters. The molecule has 5 heteroatoms. The summed E-state index contributed by atoms with van der Waals surface area (Å²) >= 11 is 0. The maximum absolute atomic E-state index is 12.0. The van der Waals surface area contributed by atoms with E-state index >= 15 is 0 Å². The number of hydrogen-bond donors (Lipinski definition) is 0. The van der Waals surface area contributed by atoms with Gasteiger partial charge >= 0.3 is 11.6 Å². The van der Waals surface area contributed by atoms with E-state index in [1.54, 1.807) is 12.1 Å². The normalized spacial score (nSPS) is 11.6. The standard InChI is InChI=1S/C20H26O5/c1-4-5-6-7-8-9-10-11-12-13-17-14-19(23-3)18(20(22)25-17)15-24-16(2)21/h4-7,12-14H,8-11,15H2,1-3H3/b5-4+,7-6+,13-12+. The quantitative estimate of drug-likeness (QED) is 0.356. The molecule has 1 aromatic rings. The molecule has 0 radical (unpaired) electrons. The molecule has 0 aromatic carbocycles. The highest BCUT2D eigenvalue weighted by molar-refractivity contribution is 5.66. The summed E-state index contributed by atoms with van der Waals surface area (Å²) in [7, 11) is 1.46. The first-order chi connectivity index (χ1) is 12.1. The van der Waals surface area contributed by atoms with Gasteiger partial charge in [0.25, 0.3) is 0 Å². The van der Waals surface area contributed by atoms with E-state index in [0.29, 0.717) is 11.5 Å². The molecule has 25 heavy (non-hydrogen) atoms. The predicted octanol–water partition coefficient (Wildman–Crippen LogP) is 4.42. The average Bonchev–Trinajstić information content (AvgIpc) is 2.58. The fourth-order valence-corrected chi connectivity index (χ4v) is 2.09. The second-order valence-corrected chi connectivity index (χ2v) is 5.40. The minimum absolute atomic E-state index is 0.161. The smallest absolute Gasteiger partial charge is 0.346 e. The summed E-state index contributed by atoms with van der Waals surface area (Å²) in [6.45, 7) is 3.11. The number of ether oxygens (including phenoxy) is 2. The van der Waals surface area contributed by atoms with Crippen LogP contribution in [-0.4, -0.2) is 13.1 Å². The number of allylic oxidation sites excluding steroid dienone is 5. The van der Waals surface area contributed by atoms with Crippen molar-refractivity contribution >= 4 is 12.0 Å². The van der Waals surface area contributed by atoms with E-state index in [2.05, 4.69) is 6.08 Å². The summed E-state index contributed by atoms with van der Waals surface area (Å²) in [5.41, 5.74) is -0.364. The van der Waals surface area contributed by atoms with Gasteiger partial charge in [-0.3, -0.25) is 4.79 Å².